The van der Waals surface area contributed by atoms with Crippen molar-refractivity contribution in [1.82, 2.24) is 9.88 Å². The Balaban J connectivity index is 1.54. The minimum absolute atomic E-state index is 0.119. The summed E-state index contributed by atoms with van der Waals surface area (Å²) in [6.07, 6.45) is 2.33. The Morgan fingerprint density at radius 3 is 2.72 bits per heavy atom. The zero-order chi connectivity index (χ0) is 22.5. The Hall–Kier alpha value is -2.28. The molecule has 0 radical (unpaired) electrons. The molecule has 0 atom stereocenters. The second-order valence-electron chi connectivity index (χ2n) is 8.61. The van der Waals surface area contributed by atoms with Gasteiger partial charge in [-0.15, -0.1) is 0 Å². The minimum Gasteiger partial charge on any atom is -0.379 e. The quantitative estimate of drug-likeness (QED) is 0.495. The number of carbonyl (C=O) groups is 1. The zero-order valence-corrected chi connectivity index (χ0v) is 20.2. The lowest BCUT2D eigenvalue weighted by Gasteiger charge is -2.27. The monoisotopic (exact) mass is 451 g/mol. The number of carbonyl (C=O) groups excluding carboxylic acids is 1. The first-order valence-corrected chi connectivity index (χ1v) is 12.4. The van der Waals surface area contributed by atoms with E-state index in [4.69, 9.17) is 9.72 Å². The van der Waals surface area contributed by atoms with Crippen LogP contribution >= 0.6 is 11.3 Å². The molecule has 32 heavy (non-hydrogen) atoms. The van der Waals surface area contributed by atoms with Crippen LogP contribution in [0, 0.1) is 13.8 Å². The second kappa shape index (κ2) is 10.6. The molecule has 0 spiro atoms. The SMILES string of the molecule is CCc1ccc2nc(N(CCCN3CCOCC3)C(=O)Cc3ccc(C)cc3C)sc2c1. The van der Waals surface area contributed by atoms with E-state index in [1.165, 1.54) is 16.7 Å². The number of amides is 1. The van der Waals surface area contributed by atoms with Crippen molar-refractivity contribution in [1.29, 1.82) is 0 Å². The lowest BCUT2D eigenvalue weighted by atomic mass is 10.0. The Morgan fingerprint density at radius 1 is 1.16 bits per heavy atom. The van der Waals surface area contributed by atoms with E-state index in [0.29, 0.717) is 13.0 Å². The Labute approximate surface area is 195 Å². The van der Waals surface area contributed by atoms with Crippen molar-refractivity contribution in [2.75, 3.05) is 44.3 Å². The van der Waals surface area contributed by atoms with Crippen LogP contribution in [0.3, 0.4) is 0 Å². The Kier molecular flexibility index (Phi) is 7.55. The molecule has 0 N–H and O–H groups in total. The van der Waals surface area contributed by atoms with Gasteiger partial charge in [0.05, 0.1) is 29.9 Å². The zero-order valence-electron chi connectivity index (χ0n) is 19.4. The second-order valence-corrected chi connectivity index (χ2v) is 9.62. The first-order valence-electron chi connectivity index (χ1n) is 11.6. The van der Waals surface area contributed by atoms with Crippen LogP contribution in [-0.4, -0.2) is 55.2 Å². The van der Waals surface area contributed by atoms with Crippen LogP contribution < -0.4 is 4.90 Å². The fourth-order valence-electron chi connectivity index (χ4n) is 4.20. The molecule has 0 unspecified atom stereocenters. The molecule has 1 aliphatic heterocycles. The van der Waals surface area contributed by atoms with E-state index in [1.54, 1.807) is 11.3 Å². The van der Waals surface area contributed by atoms with E-state index >= 15 is 0 Å². The highest BCUT2D eigenvalue weighted by atomic mass is 32.1. The number of hydrogen-bond donors (Lipinski definition) is 0. The molecule has 6 heteroatoms. The number of thiazole rings is 1. The van der Waals surface area contributed by atoms with Gasteiger partial charge in [0.2, 0.25) is 5.91 Å². The third-order valence-corrected chi connectivity index (χ3v) is 7.22. The van der Waals surface area contributed by atoms with Gasteiger partial charge in [-0.25, -0.2) is 4.98 Å². The number of anilines is 1. The molecule has 1 aromatic heterocycles. The lowest BCUT2D eigenvalue weighted by Crippen LogP contribution is -2.39. The molecular weight excluding hydrogens is 418 g/mol. The number of morpholine rings is 1. The van der Waals surface area contributed by atoms with E-state index in [2.05, 4.69) is 62.1 Å². The van der Waals surface area contributed by atoms with Crippen molar-refractivity contribution in [2.24, 2.45) is 0 Å². The van der Waals surface area contributed by atoms with Crippen LogP contribution in [-0.2, 0) is 22.4 Å². The maximum absolute atomic E-state index is 13.5. The van der Waals surface area contributed by atoms with Crippen molar-refractivity contribution in [3.63, 3.8) is 0 Å². The molecule has 1 saturated heterocycles. The summed E-state index contributed by atoms with van der Waals surface area (Å²) in [5.74, 6) is 0.119. The third-order valence-electron chi connectivity index (χ3n) is 6.18. The fraction of sp³-hybridized carbons (Fsp3) is 0.462. The van der Waals surface area contributed by atoms with Crippen LogP contribution in [0.15, 0.2) is 36.4 Å². The predicted molar refractivity (Wildman–Crippen MR) is 133 cm³/mol. The number of aromatic nitrogens is 1. The molecule has 170 valence electrons. The van der Waals surface area contributed by atoms with Crippen LogP contribution in [0.2, 0.25) is 0 Å². The highest BCUT2D eigenvalue weighted by molar-refractivity contribution is 7.22. The number of hydrogen-bond acceptors (Lipinski definition) is 5. The molecular formula is C26H33N3O2S. The van der Waals surface area contributed by atoms with Crippen molar-refractivity contribution < 1.29 is 9.53 Å². The molecule has 0 aliphatic carbocycles. The summed E-state index contributed by atoms with van der Waals surface area (Å²) in [6, 6.07) is 12.7. The number of fused-ring (bicyclic) bond motifs is 1. The summed E-state index contributed by atoms with van der Waals surface area (Å²) in [5, 5.41) is 0.810. The largest absolute Gasteiger partial charge is 0.379 e. The minimum atomic E-state index is 0.119. The maximum Gasteiger partial charge on any atom is 0.233 e. The van der Waals surface area contributed by atoms with Gasteiger partial charge in [0, 0.05) is 26.2 Å². The van der Waals surface area contributed by atoms with Gasteiger partial charge in [-0.05, 0) is 55.5 Å². The van der Waals surface area contributed by atoms with Crippen molar-refractivity contribution in [3.8, 4) is 0 Å². The summed E-state index contributed by atoms with van der Waals surface area (Å²) in [7, 11) is 0. The van der Waals surface area contributed by atoms with Gasteiger partial charge >= 0.3 is 0 Å². The number of benzene rings is 2. The molecule has 1 aliphatic rings. The van der Waals surface area contributed by atoms with Crippen molar-refractivity contribution in [3.05, 3.63) is 58.7 Å². The lowest BCUT2D eigenvalue weighted by molar-refractivity contribution is -0.118. The average Bonchev–Trinajstić information content (AvgIpc) is 3.22. The van der Waals surface area contributed by atoms with Crippen molar-refractivity contribution in [2.45, 2.75) is 40.0 Å². The first-order chi connectivity index (χ1) is 15.5. The fourth-order valence-corrected chi connectivity index (χ4v) is 5.27. The molecule has 3 aromatic rings. The van der Waals surface area contributed by atoms with Gasteiger partial charge in [-0.2, -0.15) is 0 Å². The predicted octanol–water partition coefficient (Wildman–Crippen LogP) is 4.77. The van der Waals surface area contributed by atoms with Crippen LogP contribution in [0.1, 0.15) is 35.6 Å². The highest BCUT2D eigenvalue weighted by Crippen LogP contribution is 2.30. The summed E-state index contributed by atoms with van der Waals surface area (Å²) in [4.78, 5) is 22.7. The Morgan fingerprint density at radius 2 is 1.97 bits per heavy atom. The van der Waals surface area contributed by atoms with Gasteiger partial charge in [0.15, 0.2) is 5.13 Å². The topological polar surface area (TPSA) is 45.7 Å². The molecule has 0 bridgehead atoms. The van der Waals surface area contributed by atoms with Crippen molar-refractivity contribution >= 4 is 32.6 Å². The highest BCUT2D eigenvalue weighted by Gasteiger charge is 2.21. The maximum atomic E-state index is 13.5. The molecule has 1 fully saturated rings. The smallest absolute Gasteiger partial charge is 0.233 e. The van der Waals surface area contributed by atoms with E-state index < -0.39 is 0 Å². The third kappa shape index (κ3) is 5.55. The standard InChI is InChI=1S/C26H33N3O2S/c1-4-21-7-9-23-24(17-21)32-26(27-23)29(11-5-10-28-12-14-31-15-13-28)25(30)18-22-8-6-19(2)16-20(22)3/h6-9,16-17H,4-5,10-15,18H2,1-3H3. The average molecular weight is 452 g/mol. The van der Waals surface area contributed by atoms with E-state index in [0.717, 1.165) is 66.6 Å². The summed E-state index contributed by atoms with van der Waals surface area (Å²) < 4.78 is 6.61. The van der Waals surface area contributed by atoms with Crippen LogP contribution in [0.25, 0.3) is 10.2 Å². The number of nitrogens with zero attached hydrogens (tertiary/aromatic N) is 3. The van der Waals surface area contributed by atoms with E-state index in [9.17, 15) is 4.79 Å². The molecule has 1 amide bonds. The van der Waals surface area contributed by atoms with Gasteiger partial charge < -0.3 is 4.74 Å². The number of ether oxygens (including phenoxy) is 1. The Bertz CT molecular complexity index is 1070. The molecule has 2 heterocycles. The van der Waals surface area contributed by atoms with Crippen LogP contribution in [0.5, 0.6) is 0 Å². The number of aryl methyl sites for hydroxylation is 3. The van der Waals surface area contributed by atoms with Gasteiger partial charge in [-0.1, -0.05) is 48.1 Å². The summed E-state index contributed by atoms with van der Waals surface area (Å²) >= 11 is 1.63. The molecule has 2 aromatic carbocycles. The molecule has 4 rings (SSSR count). The summed E-state index contributed by atoms with van der Waals surface area (Å²) in [5.41, 5.74) is 5.75. The van der Waals surface area contributed by atoms with Gasteiger partial charge in [0.1, 0.15) is 0 Å². The summed E-state index contributed by atoms with van der Waals surface area (Å²) in [6.45, 7) is 11.5. The normalized spacial score (nSPS) is 14.7. The van der Waals surface area contributed by atoms with E-state index in [1.807, 2.05) is 4.90 Å². The van der Waals surface area contributed by atoms with Gasteiger partial charge in [0.25, 0.3) is 0 Å². The molecule has 0 saturated carbocycles. The van der Waals surface area contributed by atoms with E-state index in [-0.39, 0.29) is 5.91 Å². The van der Waals surface area contributed by atoms with Gasteiger partial charge in [-0.3, -0.25) is 14.6 Å². The molecule has 5 nitrogen and oxygen atoms in total. The number of rotatable bonds is 8. The van der Waals surface area contributed by atoms with Crippen LogP contribution in [0.4, 0.5) is 5.13 Å². The first kappa shape index (κ1) is 22.9.